The van der Waals surface area contributed by atoms with Crippen molar-refractivity contribution in [2.45, 2.75) is 64.4 Å². The van der Waals surface area contributed by atoms with Crippen LogP contribution in [0.15, 0.2) is 0 Å². The van der Waals surface area contributed by atoms with Gasteiger partial charge in [0, 0.05) is 0 Å². The molecule has 2 aliphatic carbocycles. The van der Waals surface area contributed by atoms with Gasteiger partial charge in [0.05, 0.1) is 5.60 Å². The van der Waals surface area contributed by atoms with Crippen molar-refractivity contribution in [2.75, 3.05) is 0 Å². The van der Waals surface area contributed by atoms with Gasteiger partial charge in [-0.2, -0.15) is 0 Å². The summed E-state index contributed by atoms with van der Waals surface area (Å²) in [4.78, 5) is 0. The van der Waals surface area contributed by atoms with Gasteiger partial charge >= 0.3 is 0 Å². The largest absolute Gasteiger partial charge is 0.389 e. The van der Waals surface area contributed by atoms with Gasteiger partial charge in [0.2, 0.25) is 0 Å². The molecule has 0 aromatic heterocycles. The summed E-state index contributed by atoms with van der Waals surface area (Å²) in [6.07, 6.45) is 8.67. The van der Waals surface area contributed by atoms with Gasteiger partial charge in [0.25, 0.3) is 0 Å². The lowest BCUT2D eigenvalue weighted by Crippen LogP contribution is -2.54. The van der Waals surface area contributed by atoms with E-state index in [4.69, 9.17) is 0 Å². The first kappa shape index (κ1) is 9.51. The minimum Gasteiger partial charge on any atom is -0.389 e. The topological polar surface area (TPSA) is 20.2 Å². The third-order valence-electron chi connectivity index (χ3n) is 4.56. The van der Waals surface area contributed by atoms with Gasteiger partial charge in [-0.1, -0.05) is 33.1 Å². The molecule has 2 atom stereocenters. The Morgan fingerprint density at radius 3 is 2.38 bits per heavy atom. The molecule has 2 saturated carbocycles. The van der Waals surface area contributed by atoms with Crippen LogP contribution in [0.25, 0.3) is 0 Å². The lowest BCUT2D eigenvalue weighted by Gasteiger charge is -2.54. The second-order valence-electron chi connectivity index (χ2n) is 5.64. The predicted octanol–water partition coefficient (Wildman–Crippen LogP) is 3.12. The Hall–Kier alpha value is -0.0400. The van der Waals surface area contributed by atoms with Crippen LogP contribution in [-0.2, 0) is 0 Å². The molecule has 76 valence electrons. The smallest absolute Gasteiger partial charge is 0.0726 e. The van der Waals surface area contributed by atoms with E-state index in [1.807, 2.05) is 0 Å². The normalized spacial score (nSPS) is 44.1. The van der Waals surface area contributed by atoms with Crippen LogP contribution in [-0.4, -0.2) is 10.7 Å². The molecule has 0 amide bonds. The van der Waals surface area contributed by atoms with E-state index in [0.29, 0.717) is 5.92 Å². The molecule has 1 nitrogen and oxygen atoms in total. The molecule has 0 aromatic rings. The first-order valence-corrected chi connectivity index (χ1v) is 5.79. The number of fused-ring (bicyclic) bond motifs is 1. The monoisotopic (exact) mass is 182 g/mol. The molecule has 2 fully saturated rings. The van der Waals surface area contributed by atoms with E-state index < -0.39 is 0 Å². The number of hydrogen-bond acceptors (Lipinski definition) is 1. The van der Waals surface area contributed by atoms with Gasteiger partial charge in [-0.05, 0) is 37.0 Å². The molecule has 0 heterocycles. The minimum absolute atomic E-state index is 0.163. The van der Waals surface area contributed by atoms with E-state index in [1.54, 1.807) is 0 Å². The molecule has 13 heavy (non-hydrogen) atoms. The van der Waals surface area contributed by atoms with Crippen molar-refractivity contribution in [3.63, 3.8) is 0 Å². The summed E-state index contributed by atoms with van der Waals surface area (Å²) >= 11 is 0. The number of hydrogen-bond donors (Lipinski definition) is 1. The Morgan fingerprint density at radius 2 is 1.69 bits per heavy atom. The number of rotatable bonds is 0. The first-order chi connectivity index (χ1) is 6.06. The third-order valence-corrected chi connectivity index (χ3v) is 4.56. The Labute approximate surface area is 81.5 Å². The summed E-state index contributed by atoms with van der Waals surface area (Å²) in [5, 5.41) is 10.7. The van der Waals surface area contributed by atoms with Crippen molar-refractivity contribution in [1.82, 2.24) is 0 Å². The van der Waals surface area contributed by atoms with Crippen molar-refractivity contribution >= 4 is 0 Å². The molecular weight excluding hydrogens is 160 g/mol. The molecule has 0 unspecified atom stereocenters. The van der Waals surface area contributed by atoms with E-state index in [-0.39, 0.29) is 11.0 Å². The SMILES string of the molecule is CC1(C)CCC[C@H]2CCCC[C@@]21O. The Bertz CT molecular complexity index is 195. The maximum absolute atomic E-state index is 10.7. The summed E-state index contributed by atoms with van der Waals surface area (Å²) in [5.74, 6) is 0.602. The fraction of sp³-hybridized carbons (Fsp3) is 1.00. The average molecular weight is 182 g/mol. The molecule has 0 aromatic carbocycles. The van der Waals surface area contributed by atoms with Gasteiger partial charge < -0.3 is 5.11 Å². The molecule has 0 saturated heterocycles. The third kappa shape index (κ3) is 1.32. The van der Waals surface area contributed by atoms with Crippen LogP contribution in [0.4, 0.5) is 0 Å². The molecular formula is C12H22O. The van der Waals surface area contributed by atoms with E-state index in [2.05, 4.69) is 13.8 Å². The Morgan fingerprint density at radius 1 is 1.00 bits per heavy atom. The average Bonchev–Trinajstić information content (AvgIpc) is 2.06. The second-order valence-corrected chi connectivity index (χ2v) is 5.64. The zero-order valence-corrected chi connectivity index (χ0v) is 8.97. The molecule has 0 aliphatic heterocycles. The van der Waals surface area contributed by atoms with Crippen LogP contribution in [0.3, 0.4) is 0 Å². The van der Waals surface area contributed by atoms with Gasteiger partial charge in [-0.15, -0.1) is 0 Å². The highest BCUT2D eigenvalue weighted by Crippen LogP contribution is 2.53. The maximum atomic E-state index is 10.7. The number of aliphatic hydroxyl groups is 1. The fourth-order valence-electron chi connectivity index (χ4n) is 3.51. The standard InChI is InChI=1S/C12H22O/c1-11(2)8-5-7-10-6-3-4-9-12(10,11)13/h10,13H,3-9H2,1-2H3/t10-,12-/m1/s1. The minimum atomic E-state index is -0.330. The van der Waals surface area contributed by atoms with E-state index in [9.17, 15) is 5.11 Å². The zero-order valence-electron chi connectivity index (χ0n) is 8.97. The fourth-order valence-corrected chi connectivity index (χ4v) is 3.51. The maximum Gasteiger partial charge on any atom is 0.0726 e. The summed E-state index contributed by atoms with van der Waals surface area (Å²) in [7, 11) is 0. The molecule has 1 N–H and O–H groups in total. The molecule has 2 aliphatic rings. The van der Waals surface area contributed by atoms with Gasteiger partial charge in [-0.3, -0.25) is 0 Å². The van der Waals surface area contributed by atoms with Gasteiger partial charge in [0.15, 0.2) is 0 Å². The van der Waals surface area contributed by atoms with Crippen LogP contribution >= 0.6 is 0 Å². The zero-order chi connectivity index (χ0) is 9.53. The van der Waals surface area contributed by atoms with E-state index in [0.717, 1.165) is 6.42 Å². The van der Waals surface area contributed by atoms with Crippen LogP contribution in [0.1, 0.15) is 58.8 Å². The molecule has 0 bridgehead atoms. The highest BCUT2D eigenvalue weighted by atomic mass is 16.3. The second kappa shape index (κ2) is 2.98. The first-order valence-electron chi connectivity index (χ1n) is 5.79. The van der Waals surface area contributed by atoms with Crippen LogP contribution in [0, 0.1) is 11.3 Å². The predicted molar refractivity (Wildman–Crippen MR) is 54.5 cm³/mol. The van der Waals surface area contributed by atoms with Gasteiger partial charge in [-0.25, -0.2) is 0 Å². The quantitative estimate of drug-likeness (QED) is 0.610. The Kier molecular flexibility index (Phi) is 2.18. The van der Waals surface area contributed by atoms with Crippen molar-refractivity contribution < 1.29 is 5.11 Å². The molecule has 0 spiro atoms. The summed E-state index contributed by atoms with van der Waals surface area (Å²) in [6, 6.07) is 0. The molecule has 1 heteroatoms. The summed E-state index contributed by atoms with van der Waals surface area (Å²) in [5.41, 5.74) is -0.167. The highest BCUT2D eigenvalue weighted by molar-refractivity contribution is 5.02. The molecule has 0 radical (unpaired) electrons. The van der Waals surface area contributed by atoms with Crippen molar-refractivity contribution in [3.8, 4) is 0 Å². The molecule has 2 rings (SSSR count). The Balaban J connectivity index is 2.24. The van der Waals surface area contributed by atoms with Crippen molar-refractivity contribution in [1.29, 1.82) is 0 Å². The van der Waals surface area contributed by atoms with Crippen LogP contribution < -0.4 is 0 Å². The van der Waals surface area contributed by atoms with Crippen LogP contribution in [0.2, 0.25) is 0 Å². The van der Waals surface area contributed by atoms with E-state index >= 15 is 0 Å². The summed E-state index contributed by atoms with van der Waals surface area (Å²) in [6.45, 7) is 4.51. The van der Waals surface area contributed by atoms with Crippen molar-refractivity contribution in [3.05, 3.63) is 0 Å². The lowest BCUT2D eigenvalue weighted by atomic mass is 9.55. The summed E-state index contributed by atoms with van der Waals surface area (Å²) < 4.78 is 0. The van der Waals surface area contributed by atoms with Crippen LogP contribution in [0.5, 0.6) is 0 Å². The highest BCUT2D eigenvalue weighted by Gasteiger charge is 2.51. The van der Waals surface area contributed by atoms with E-state index in [1.165, 1.54) is 38.5 Å². The lowest BCUT2D eigenvalue weighted by molar-refractivity contribution is -0.157. The van der Waals surface area contributed by atoms with Gasteiger partial charge in [0.1, 0.15) is 0 Å². The van der Waals surface area contributed by atoms with Crippen molar-refractivity contribution in [2.24, 2.45) is 11.3 Å².